The number of hydrogen-bond donors (Lipinski definition) is 1. The van der Waals surface area contributed by atoms with Gasteiger partial charge in [0.2, 0.25) is 5.91 Å². The summed E-state index contributed by atoms with van der Waals surface area (Å²) >= 11 is 0. The van der Waals surface area contributed by atoms with Gasteiger partial charge < -0.3 is 14.6 Å². The third-order valence-corrected chi connectivity index (χ3v) is 5.66. The largest absolute Gasteiger partial charge is 0.441 e. The van der Waals surface area contributed by atoms with Crippen LogP contribution in [0.25, 0.3) is 11.3 Å². The molecule has 0 aliphatic heterocycles. The molecule has 1 heterocycles. The van der Waals surface area contributed by atoms with Crippen molar-refractivity contribution in [2.45, 2.75) is 64.3 Å². The smallest absolute Gasteiger partial charge is 0.220 e. The van der Waals surface area contributed by atoms with Crippen LogP contribution in [0.15, 0.2) is 34.9 Å². The number of carbonyl (C=O) groups excluding carboxylic acids is 1. The first-order valence-electron chi connectivity index (χ1n) is 10.6. The SMILES string of the molecule is Cc1ccc(-c2cnc(CCC(=O)NCCCN(C)C3CCCCC3)o2)cc1. The van der Waals surface area contributed by atoms with E-state index in [1.54, 1.807) is 6.20 Å². The Morgan fingerprint density at radius 3 is 2.71 bits per heavy atom. The van der Waals surface area contributed by atoms with E-state index in [1.807, 2.05) is 12.1 Å². The van der Waals surface area contributed by atoms with Gasteiger partial charge in [-0.1, -0.05) is 49.1 Å². The van der Waals surface area contributed by atoms with Crippen molar-refractivity contribution in [3.63, 3.8) is 0 Å². The van der Waals surface area contributed by atoms with E-state index in [-0.39, 0.29) is 5.91 Å². The molecule has 1 aromatic heterocycles. The molecule has 152 valence electrons. The molecule has 1 aliphatic carbocycles. The van der Waals surface area contributed by atoms with Crippen LogP contribution in [0, 0.1) is 6.92 Å². The Morgan fingerprint density at radius 1 is 1.21 bits per heavy atom. The van der Waals surface area contributed by atoms with E-state index in [4.69, 9.17) is 4.42 Å². The zero-order valence-corrected chi connectivity index (χ0v) is 17.2. The normalized spacial score (nSPS) is 15.1. The zero-order chi connectivity index (χ0) is 19.8. The summed E-state index contributed by atoms with van der Waals surface area (Å²) in [6, 6.07) is 8.89. The molecule has 1 aromatic carbocycles. The number of hydrogen-bond acceptors (Lipinski definition) is 4. The van der Waals surface area contributed by atoms with Crippen LogP contribution in [0.4, 0.5) is 0 Å². The third kappa shape index (κ3) is 6.20. The minimum atomic E-state index is 0.0652. The van der Waals surface area contributed by atoms with Crippen LogP contribution in [-0.4, -0.2) is 42.0 Å². The molecule has 1 fully saturated rings. The summed E-state index contributed by atoms with van der Waals surface area (Å²) in [6.07, 6.45) is 10.4. The number of benzene rings is 1. The first kappa shape index (κ1) is 20.6. The second kappa shape index (κ2) is 10.4. The number of nitrogens with zero attached hydrogens (tertiary/aromatic N) is 2. The van der Waals surface area contributed by atoms with Crippen molar-refractivity contribution in [3.8, 4) is 11.3 Å². The maximum Gasteiger partial charge on any atom is 0.220 e. The van der Waals surface area contributed by atoms with Crippen molar-refractivity contribution >= 4 is 5.91 Å². The topological polar surface area (TPSA) is 58.4 Å². The summed E-state index contributed by atoms with van der Waals surface area (Å²) in [5.41, 5.74) is 2.22. The average molecular weight is 384 g/mol. The number of carbonyl (C=O) groups is 1. The molecule has 0 radical (unpaired) electrons. The summed E-state index contributed by atoms with van der Waals surface area (Å²) in [7, 11) is 2.21. The van der Waals surface area contributed by atoms with E-state index in [0.29, 0.717) is 18.7 Å². The predicted molar refractivity (Wildman–Crippen MR) is 112 cm³/mol. The van der Waals surface area contributed by atoms with Gasteiger partial charge in [-0.2, -0.15) is 0 Å². The highest BCUT2D eigenvalue weighted by molar-refractivity contribution is 5.76. The Hall–Kier alpha value is -2.14. The van der Waals surface area contributed by atoms with E-state index >= 15 is 0 Å². The van der Waals surface area contributed by atoms with Crippen molar-refractivity contribution in [1.29, 1.82) is 0 Å². The standard InChI is InChI=1S/C23H33N3O2/c1-18-9-11-19(12-10-18)21-17-25-23(28-21)14-13-22(27)24-15-6-16-26(2)20-7-4-3-5-8-20/h9-12,17,20H,3-8,13-16H2,1-2H3,(H,24,27). The molecule has 5 nitrogen and oxygen atoms in total. The summed E-state index contributed by atoms with van der Waals surface area (Å²) in [6.45, 7) is 3.84. The molecule has 1 N–H and O–H groups in total. The quantitative estimate of drug-likeness (QED) is 0.654. The van der Waals surface area contributed by atoms with Crippen LogP contribution in [0.5, 0.6) is 0 Å². The van der Waals surface area contributed by atoms with Gasteiger partial charge >= 0.3 is 0 Å². The molecule has 3 rings (SSSR count). The van der Waals surface area contributed by atoms with Gasteiger partial charge in [-0.3, -0.25) is 4.79 Å². The Kier molecular flexibility index (Phi) is 7.66. The van der Waals surface area contributed by atoms with Crippen LogP contribution in [-0.2, 0) is 11.2 Å². The minimum Gasteiger partial charge on any atom is -0.441 e. The summed E-state index contributed by atoms with van der Waals surface area (Å²) < 4.78 is 5.79. The number of aryl methyl sites for hydroxylation is 2. The van der Waals surface area contributed by atoms with Gasteiger partial charge in [0.1, 0.15) is 0 Å². The number of amides is 1. The van der Waals surface area contributed by atoms with Gasteiger partial charge in [-0.15, -0.1) is 0 Å². The minimum absolute atomic E-state index is 0.0652. The first-order valence-corrected chi connectivity index (χ1v) is 10.6. The lowest BCUT2D eigenvalue weighted by Crippen LogP contribution is -2.35. The van der Waals surface area contributed by atoms with Crippen molar-refractivity contribution in [2.24, 2.45) is 0 Å². The van der Waals surface area contributed by atoms with Gasteiger partial charge in [0.05, 0.1) is 6.20 Å². The average Bonchev–Trinajstić information content (AvgIpc) is 3.20. The highest BCUT2D eigenvalue weighted by Crippen LogP contribution is 2.22. The molecule has 5 heteroatoms. The van der Waals surface area contributed by atoms with E-state index in [9.17, 15) is 4.79 Å². The summed E-state index contributed by atoms with van der Waals surface area (Å²) in [5, 5.41) is 3.02. The van der Waals surface area contributed by atoms with Gasteiger partial charge in [0.25, 0.3) is 0 Å². The number of oxazole rings is 1. The second-order valence-corrected chi connectivity index (χ2v) is 7.96. The maximum absolute atomic E-state index is 12.1. The molecular formula is C23H33N3O2. The van der Waals surface area contributed by atoms with E-state index in [1.165, 1.54) is 37.7 Å². The molecular weight excluding hydrogens is 350 g/mol. The van der Waals surface area contributed by atoms with E-state index < -0.39 is 0 Å². The lowest BCUT2D eigenvalue weighted by Gasteiger charge is -2.31. The van der Waals surface area contributed by atoms with Crippen LogP contribution in [0.2, 0.25) is 0 Å². The molecule has 0 bridgehead atoms. The molecule has 28 heavy (non-hydrogen) atoms. The Balaban J connectivity index is 1.33. The molecule has 0 atom stereocenters. The summed E-state index contributed by atoms with van der Waals surface area (Å²) in [5.74, 6) is 1.43. The molecule has 1 saturated carbocycles. The molecule has 0 unspecified atom stereocenters. The number of aromatic nitrogens is 1. The lowest BCUT2D eigenvalue weighted by molar-refractivity contribution is -0.121. The monoisotopic (exact) mass is 383 g/mol. The van der Waals surface area contributed by atoms with Gasteiger partial charge in [0, 0.05) is 31.0 Å². The fraction of sp³-hybridized carbons (Fsp3) is 0.565. The van der Waals surface area contributed by atoms with Gasteiger partial charge in [-0.05, 0) is 39.8 Å². The van der Waals surface area contributed by atoms with E-state index in [0.717, 1.165) is 36.9 Å². The maximum atomic E-state index is 12.1. The second-order valence-electron chi connectivity index (χ2n) is 7.96. The van der Waals surface area contributed by atoms with Gasteiger partial charge in [0.15, 0.2) is 11.7 Å². The van der Waals surface area contributed by atoms with Crippen LogP contribution < -0.4 is 5.32 Å². The Morgan fingerprint density at radius 2 is 1.96 bits per heavy atom. The fourth-order valence-electron chi connectivity index (χ4n) is 3.85. The van der Waals surface area contributed by atoms with E-state index in [2.05, 4.69) is 41.3 Å². The van der Waals surface area contributed by atoms with Crippen molar-refractivity contribution in [2.75, 3.05) is 20.1 Å². The Labute approximate surface area is 168 Å². The first-order chi connectivity index (χ1) is 13.6. The highest BCUT2D eigenvalue weighted by Gasteiger charge is 2.17. The molecule has 1 amide bonds. The summed E-state index contributed by atoms with van der Waals surface area (Å²) in [4.78, 5) is 18.9. The highest BCUT2D eigenvalue weighted by atomic mass is 16.4. The van der Waals surface area contributed by atoms with Crippen LogP contribution >= 0.6 is 0 Å². The van der Waals surface area contributed by atoms with Crippen LogP contribution in [0.3, 0.4) is 0 Å². The Bertz CT molecular complexity index is 733. The van der Waals surface area contributed by atoms with Crippen LogP contribution in [0.1, 0.15) is 56.4 Å². The lowest BCUT2D eigenvalue weighted by atomic mass is 9.94. The molecule has 2 aromatic rings. The molecule has 0 saturated heterocycles. The van der Waals surface area contributed by atoms with Crippen molar-refractivity contribution in [3.05, 3.63) is 41.9 Å². The predicted octanol–water partition coefficient (Wildman–Crippen LogP) is 4.35. The number of nitrogens with one attached hydrogen (secondary N) is 1. The van der Waals surface area contributed by atoms with Crippen molar-refractivity contribution < 1.29 is 9.21 Å². The fourth-order valence-corrected chi connectivity index (χ4v) is 3.85. The zero-order valence-electron chi connectivity index (χ0n) is 17.2. The molecule has 1 aliphatic rings. The third-order valence-electron chi connectivity index (χ3n) is 5.66. The number of rotatable bonds is 9. The van der Waals surface area contributed by atoms with Crippen molar-refractivity contribution in [1.82, 2.24) is 15.2 Å². The molecule has 0 spiro atoms. The van der Waals surface area contributed by atoms with Gasteiger partial charge in [-0.25, -0.2) is 4.98 Å².